The molecule has 4 nitrogen and oxygen atoms in total. The van der Waals surface area contributed by atoms with Gasteiger partial charge in [-0.2, -0.15) is 0 Å². The van der Waals surface area contributed by atoms with Crippen molar-refractivity contribution in [1.29, 1.82) is 0 Å². The van der Waals surface area contributed by atoms with E-state index in [-0.39, 0.29) is 5.92 Å². The molecular weight excluding hydrogens is 254 g/mol. The van der Waals surface area contributed by atoms with Crippen molar-refractivity contribution < 1.29 is 14.4 Å². The number of rotatable bonds is 3. The molecule has 0 spiro atoms. The Labute approximate surface area is 110 Å². The number of benzene rings is 1. The van der Waals surface area contributed by atoms with E-state index in [4.69, 9.17) is 11.6 Å². The van der Waals surface area contributed by atoms with Gasteiger partial charge in [-0.05, 0) is 29.7 Å². The quantitative estimate of drug-likeness (QED) is 0.621. The fourth-order valence-corrected chi connectivity index (χ4v) is 2.47. The van der Waals surface area contributed by atoms with Gasteiger partial charge >= 0.3 is 0 Å². The highest BCUT2D eigenvalue weighted by molar-refractivity contribution is 6.65. The van der Waals surface area contributed by atoms with E-state index in [2.05, 4.69) is 0 Å². The number of hydrogen-bond donors (Lipinski definition) is 0. The largest absolute Gasteiger partial charge is 0.279 e. The third-order valence-electron chi connectivity index (χ3n) is 2.97. The molecule has 0 bridgehead atoms. The highest BCUT2D eigenvalue weighted by Gasteiger charge is 2.43. The molecule has 5 heteroatoms. The number of halogens is 1. The van der Waals surface area contributed by atoms with E-state index in [0.29, 0.717) is 11.1 Å². The Morgan fingerprint density at radius 2 is 1.56 bits per heavy atom. The zero-order chi connectivity index (χ0) is 13.4. The third kappa shape index (κ3) is 1.82. The van der Waals surface area contributed by atoms with Crippen LogP contribution in [-0.4, -0.2) is 28.0 Å². The lowest BCUT2D eigenvalue weighted by atomic mass is 10.0. The molecule has 94 valence electrons. The van der Waals surface area contributed by atoms with Crippen molar-refractivity contribution in [1.82, 2.24) is 4.90 Å². The Bertz CT molecular complexity index is 504. The molecule has 0 fully saturated rings. The molecule has 2 amide bonds. The average molecular weight is 266 g/mol. The van der Waals surface area contributed by atoms with Gasteiger partial charge in [0.1, 0.15) is 6.04 Å². The molecule has 1 heterocycles. The number of carbonyl (C=O) groups is 3. The summed E-state index contributed by atoms with van der Waals surface area (Å²) < 4.78 is 0. The summed E-state index contributed by atoms with van der Waals surface area (Å²) in [6.07, 6.45) is 0. The number of imide groups is 1. The molecule has 1 aliphatic rings. The van der Waals surface area contributed by atoms with E-state index in [9.17, 15) is 14.4 Å². The van der Waals surface area contributed by atoms with Gasteiger partial charge in [0, 0.05) is 0 Å². The van der Waals surface area contributed by atoms with Crippen LogP contribution in [0, 0.1) is 5.92 Å². The number of hydrogen-bond acceptors (Lipinski definition) is 3. The van der Waals surface area contributed by atoms with Gasteiger partial charge in [0.15, 0.2) is 0 Å². The molecule has 2 rings (SSSR count). The van der Waals surface area contributed by atoms with Crippen molar-refractivity contribution in [2.24, 2.45) is 5.92 Å². The summed E-state index contributed by atoms with van der Waals surface area (Å²) in [6, 6.07) is 5.59. The Hall–Kier alpha value is -1.68. The third-order valence-corrected chi connectivity index (χ3v) is 3.19. The fraction of sp³-hybridized carbons (Fsp3) is 0.308. The summed E-state index contributed by atoms with van der Waals surface area (Å²) in [5.74, 6) is -1.14. The van der Waals surface area contributed by atoms with Gasteiger partial charge in [0.25, 0.3) is 11.8 Å². The number of carbonyl (C=O) groups excluding carboxylic acids is 3. The molecule has 1 aliphatic heterocycles. The Balaban J connectivity index is 2.47. The van der Waals surface area contributed by atoms with E-state index >= 15 is 0 Å². The van der Waals surface area contributed by atoms with Gasteiger partial charge in [-0.3, -0.25) is 19.3 Å². The maximum absolute atomic E-state index is 12.2. The van der Waals surface area contributed by atoms with Gasteiger partial charge in [-0.25, -0.2) is 0 Å². The first-order valence-electron chi connectivity index (χ1n) is 5.61. The van der Waals surface area contributed by atoms with Crippen molar-refractivity contribution in [3.8, 4) is 0 Å². The summed E-state index contributed by atoms with van der Waals surface area (Å²) in [5.41, 5.74) is 0.650. The minimum absolute atomic E-state index is 0.225. The van der Waals surface area contributed by atoms with Crippen LogP contribution < -0.4 is 0 Å². The van der Waals surface area contributed by atoms with Crippen molar-refractivity contribution in [3.63, 3.8) is 0 Å². The predicted molar refractivity (Wildman–Crippen MR) is 66.4 cm³/mol. The standard InChI is InChI=1S/C13H12ClNO3/c1-7(2)10(11(14)16)15-12(17)8-5-3-4-6-9(8)13(15)18/h3-7,10H,1-2H3/t10-/m0/s1. The van der Waals surface area contributed by atoms with Crippen molar-refractivity contribution in [3.05, 3.63) is 35.4 Å². The number of nitrogens with zero attached hydrogens (tertiary/aromatic N) is 1. The summed E-state index contributed by atoms with van der Waals surface area (Å²) in [6.45, 7) is 3.49. The molecule has 18 heavy (non-hydrogen) atoms. The summed E-state index contributed by atoms with van der Waals surface area (Å²) in [5, 5.41) is -0.695. The minimum atomic E-state index is -0.918. The lowest BCUT2D eigenvalue weighted by molar-refractivity contribution is -0.116. The van der Waals surface area contributed by atoms with Crippen LogP contribution in [0.3, 0.4) is 0 Å². The van der Waals surface area contributed by atoms with Crippen molar-refractivity contribution in [2.75, 3.05) is 0 Å². The highest BCUT2D eigenvalue weighted by atomic mass is 35.5. The van der Waals surface area contributed by atoms with Crippen LogP contribution in [0.5, 0.6) is 0 Å². The van der Waals surface area contributed by atoms with Crippen LogP contribution in [0.4, 0.5) is 0 Å². The first-order valence-corrected chi connectivity index (χ1v) is 5.99. The lowest BCUT2D eigenvalue weighted by Crippen LogP contribution is -2.46. The summed E-state index contributed by atoms with van der Waals surface area (Å²) in [4.78, 5) is 36.7. The van der Waals surface area contributed by atoms with Crippen LogP contribution in [0.25, 0.3) is 0 Å². The van der Waals surface area contributed by atoms with Crippen molar-refractivity contribution >= 4 is 28.7 Å². The Kier molecular flexibility index (Phi) is 3.22. The molecule has 0 saturated carbocycles. The van der Waals surface area contributed by atoms with Gasteiger partial charge < -0.3 is 0 Å². The second kappa shape index (κ2) is 4.53. The molecule has 0 N–H and O–H groups in total. The molecule has 0 aliphatic carbocycles. The summed E-state index contributed by atoms with van der Waals surface area (Å²) in [7, 11) is 0. The monoisotopic (exact) mass is 265 g/mol. The molecule has 1 aromatic rings. The van der Waals surface area contributed by atoms with Crippen LogP contribution in [0.2, 0.25) is 0 Å². The van der Waals surface area contributed by atoms with Gasteiger partial charge in [-0.15, -0.1) is 0 Å². The average Bonchev–Trinajstić information content (AvgIpc) is 2.55. The van der Waals surface area contributed by atoms with E-state index in [1.807, 2.05) is 0 Å². The molecule has 0 aromatic heterocycles. The SMILES string of the molecule is CC(C)[C@@H](C(=O)Cl)N1C(=O)c2ccccc2C1=O. The molecule has 0 saturated heterocycles. The fourth-order valence-electron chi connectivity index (χ4n) is 2.12. The van der Waals surface area contributed by atoms with Crippen LogP contribution in [-0.2, 0) is 4.79 Å². The van der Waals surface area contributed by atoms with Gasteiger partial charge in [0.05, 0.1) is 11.1 Å². The topological polar surface area (TPSA) is 54.5 Å². The smallest absolute Gasteiger partial charge is 0.262 e. The maximum atomic E-state index is 12.2. The van der Waals surface area contributed by atoms with Crippen LogP contribution in [0.15, 0.2) is 24.3 Å². The zero-order valence-electron chi connectivity index (χ0n) is 10.0. The van der Waals surface area contributed by atoms with E-state index in [1.165, 1.54) is 0 Å². The van der Waals surface area contributed by atoms with Crippen LogP contribution >= 0.6 is 11.6 Å². The summed E-state index contributed by atoms with van der Waals surface area (Å²) >= 11 is 5.51. The maximum Gasteiger partial charge on any atom is 0.262 e. The first-order chi connectivity index (χ1) is 8.45. The molecule has 0 unspecified atom stereocenters. The predicted octanol–water partition coefficient (Wildman–Crippen LogP) is 2.07. The van der Waals surface area contributed by atoms with Crippen molar-refractivity contribution in [2.45, 2.75) is 19.9 Å². The van der Waals surface area contributed by atoms with Crippen LogP contribution in [0.1, 0.15) is 34.6 Å². The number of fused-ring (bicyclic) bond motifs is 1. The second-order valence-electron chi connectivity index (χ2n) is 4.52. The lowest BCUT2D eigenvalue weighted by Gasteiger charge is -2.25. The zero-order valence-corrected chi connectivity index (χ0v) is 10.8. The Morgan fingerprint density at radius 1 is 1.11 bits per heavy atom. The molecular formula is C13H12ClNO3. The number of amides is 2. The second-order valence-corrected chi connectivity index (χ2v) is 4.89. The molecule has 1 atom stereocenters. The minimum Gasteiger partial charge on any atom is -0.279 e. The molecule has 1 aromatic carbocycles. The van der Waals surface area contributed by atoms with Gasteiger partial charge in [-0.1, -0.05) is 26.0 Å². The van der Waals surface area contributed by atoms with E-state index in [1.54, 1.807) is 38.1 Å². The van der Waals surface area contributed by atoms with Gasteiger partial charge in [0.2, 0.25) is 5.24 Å². The Morgan fingerprint density at radius 3 is 1.89 bits per heavy atom. The molecule has 0 radical (unpaired) electrons. The highest BCUT2D eigenvalue weighted by Crippen LogP contribution is 2.27. The van der Waals surface area contributed by atoms with E-state index < -0.39 is 23.1 Å². The first kappa shape index (κ1) is 12.8. The van der Waals surface area contributed by atoms with E-state index in [0.717, 1.165) is 4.90 Å². The normalized spacial score (nSPS) is 16.1.